The molecule has 1 N–H and O–H groups in total. The molecular weight excluding hydrogens is 559 g/mol. The van der Waals surface area contributed by atoms with E-state index in [1.54, 1.807) is 6.07 Å². The largest absolute Gasteiger partial charge is 0.369 e. The van der Waals surface area contributed by atoms with Crippen molar-refractivity contribution in [1.82, 2.24) is 24.9 Å². The molecule has 5 rings (SSSR count). The highest BCUT2D eigenvalue weighted by molar-refractivity contribution is 9.10. The van der Waals surface area contributed by atoms with Gasteiger partial charge in [-0.15, -0.1) is 5.10 Å². The number of nitriles is 1. The van der Waals surface area contributed by atoms with E-state index in [-0.39, 0.29) is 5.02 Å². The molecule has 2 aromatic heterocycles. The predicted octanol–water partition coefficient (Wildman–Crippen LogP) is 5.90. The van der Waals surface area contributed by atoms with E-state index in [2.05, 4.69) is 59.5 Å². The van der Waals surface area contributed by atoms with Crippen molar-refractivity contribution >= 4 is 55.5 Å². The Morgan fingerprint density at radius 2 is 2.05 bits per heavy atom. The molecule has 0 aliphatic carbocycles. The summed E-state index contributed by atoms with van der Waals surface area (Å²) in [7, 11) is 4.13. The van der Waals surface area contributed by atoms with Gasteiger partial charge in [0.2, 0.25) is 0 Å². The summed E-state index contributed by atoms with van der Waals surface area (Å²) in [5.41, 5.74) is 3.97. The maximum absolute atomic E-state index is 13.7. The van der Waals surface area contributed by atoms with E-state index in [1.165, 1.54) is 18.3 Å². The van der Waals surface area contributed by atoms with Crippen LogP contribution in [-0.4, -0.2) is 52.1 Å². The zero-order valence-corrected chi connectivity index (χ0v) is 22.8. The summed E-state index contributed by atoms with van der Waals surface area (Å²) in [6.07, 6.45) is 5.68. The lowest BCUT2D eigenvalue weighted by Crippen LogP contribution is -2.31. The number of pyridine rings is 1. The van der Waals surface area contributed by atoms with Crippen molar-refractivity contribution < 1.29 is 4.39 Å². The second kappa shape index (κ2) is 10.6. The van der Waals surface area contributed by atoms with Crippen LogP contribution < -0.4 is 10.2 Å². The fraction of sp³-hybridized carbons (Fsp3) is 0.308. The smallest absolute Gasteiger partial charge is 0.141 e. The summed E-state index contributed by atoms with van der Waals surface area (Å²) < 4.78 is 16.5. The first-order chi connectivity index (χ1) is 17.8. The lowest BCUT2D eigenvalue weighted by atomic mass is 10.1. The Kier molecular flexibility index (Phi) is 7.29. The Morgan fingerprint density at radius 1 is 1.27 bits per heavy atom. The van der Waals surface area contributed by atoms with Crippen LogP contribution in [0.25, 0.3) is 10.9 Å². The standard InChI is InChI=1S/C26H25BrClFN8/c1-35-7-5-19(6-8-35)37-15-18(33-34-37)14-36(2)20-10-21-25(32-17-3-4-24(29)23(28)9-17)16(12-30)13-31-26(21)22(27)11-20/h3-4,9-11,13,15,19H,5-8,14H2,1-2H3,(H,31,32). The molecule has 3 heterocycles. The fourth-order valence-electron chi connectivity index (χ4n) is 4.56. The SMILES string of the molecule is CN1CCC(n2cc(CN(C)c3cc(Br)c4ncc(C#N)c(Nc5ccc(F)c(Cl)c5)c4c3)nn2)CC1. The van der Waals surface area contributed by atoms with Crippen LogP contribution >= 0.6 is 27.5 Å². The van der Waals surface area contributed by atoms with Crippen molar-refractivity contribution in [3.8, 4) is 6.07 Å². The molecule has 0 bridgehead atoms. The van der Waals surface area contributed by atoms with E-state index in [9.17, 15) is 9.65 Å². The van der Waals surface area contributed by atoms with Crippen LogP contribution in [0.5, 0.6) is 0 Å². The summed E-state index contributed by atoms with van der Waals surface area (Å²) in [6.45, 7) is 2.68. The first kappa shape index (κ1) is 25.4. The van der Waals surface area contributed by atoms with Crippen molar-refractivity contribution in [1.29, 1.82) is 5.26 Å². The quantitative estimate of drug-likeness (QED) is 0.302. The van der Waals surface area contributed by atoms with Crippen LogP contribution in [-0.2, 0) is 6.54 Å². The monoisotopic (exact) mass is 582 g/mol. The number of aromatic nitrogens is 4. The number of anilines is 3. The van der Waals surface area contributed by atoms with Gasteiger partial charge in [-0.25, -0.2) is 9.07 Å². The van der Waals surface area contributed by atoms with Crippen molar-refractivity contribution in [2.45, 2.75) is 25.4 Å². The van der Waals surface area contributed by atoms with Gasteiger partial charge in [0, 0.05) is 34.5 Å². The molecule has 0 amide bonds. The maximum atomic E-state index is 13.7. The fourth-order valence-corrected chi connectivity index (χ4v) is 5.29. The van der Waals surface area contributed by atoms with E-state index in [0.29, 0.717) is 35.0 Å². The van der Waals surface area contributed by atoms with Gasteiger partial charge >= 0.3 is 0 Å². The number of likely N-dealkylation sites (tertiary alicyclic amines) is 1. The van der Waals surface area contributed by atoms with E-state index < -0.39 is 5.82 Å². The van der Waals surface area contributed by atoms with E-state index >= 15 is 0 Å². The van der Waals surface area contributed by atoms with Crippen LogP contribution in [0.15, 0.2) is 47.2 Å². The van der Waals surface area contributed by atoms with Crippen molar-refractivity contribution in [3.05, 3.63) is 69.3 Å². The summed E-state index contributed by atoms with van der Waals surface area (Å²) >= 11 is 9.62. The van der Waals surface area contributed by atoms with Crippen molar-refractivity contribution in [2.24, 2.45) is 0 Å². The minimum Gasteiger partial charge on any atom is -0.369 e. The third kappa shape index (κ3) is 5.39. The van der Waals surface area contributed by atoms with Crippen LogP contribution in [0.2, 0.25) is 5.02 Å². The number of piperidine rings is 1. The molecule has 1 saturated heterocycles. The zero-order valence-electron chi connectivity index (χ0n) is 20.4. The molecule has 4 aromatic rings. The van der Waals surface area contributed by atoms with Crippen LogP contribution in [0.3, 0.4) is 0 Å². The highest BCUT2D eigenvalue weighted by Crippen LogP contribution is 2.36. The molecule has 0 unspecified atom stereocenters. The minimum atomic E-state index is -0.508. The van der Waals surface area contributed by atoms with Crippen LogP contribution in [0.4, 0.5) is 21.5 Å². The van der Waals surface area contributed by atoms with E-state index in [0.717, 1.165) is 47.2 Å². The molecular formula is C26H25BrClFN8. The number of hydrogen-bond donors (Lipinski definition) is 1. The summed E-state index contributed by atoms with van der Waals surface area (Å²) in [6, 6.07) is 10.9. The molecule has 1 aliphatic heterocycles. The summed E-state index contributed by atoms with van der Waals surface area (Å²) in [4.78, 5) is 8.89. The van der Waals surface area contributed by atoms with Gasteiger partial charge in [0.15, 0.2) is 0 Å². The third-order valence-electron chi connectivity index (χ3n) is 6.68. The first-order valence-electron chi connectivity index (χ1n) is 11.9. The second-order valence-corrected chi connectivity index (χ2v) is 10.6. The van der Waals surface area contributed by atoms with Crippen LogP contribution in [0.1, 0.15) is 30.1 Å². The molecule has 11 heteroatoms. The Balaban J connectivity index is 1.44. The molecule has 37 heavy (non-hydrogen) atoms. The van der Waals surface area contributed by atoms with Crippen LogP contribution in [0, 0.1) is 17.1 Å². The second-order valence-electron chi connectivity index (χ2n) is 9.32. The molecule has 0 spiro atoms. The number of rotatable bonds is 6. The number of halogens is 3. The highest BCUT2D eigenvalue weighted by Gasteiger charge is 2.20. The lowest BCUT2D eigenvalue weighted by Gasteiger charge is -2.28. The Hall–Kier alpha value is -3.26. The molecule has 2 aromatic carbocycles. The lowest BCUT2D eigenvalue weighted by molar-refractivity contribution is 0.210. The third-order valence-corrected chi connectivity index (χ3v) is 7.57. The first-order valence-corrected chi connectivity index (χ1v) is 13.0. The minimum absolute atomic E-state index is 0.00299. The van der Waals surface area contributed by atoms with E-state index in [1.807, 2.05) is 30.1 Å². The number of hydrogen-bond acceptors (Lipinski definition) is 7. The molecule has 0 radical (unpaired) electrons. The normalized spacial score (nSPS) is 14.6. The predicted molar refractivity (Wildman–Crippen MR) is 147 cm³/mol. The van der Waals surface area contributed by atoms with Gasteiger partial charge in [-0.3, -0.25) is 4.98 Å². The van der Waals surface area contributed by atoms with Gasteiger partial charge in [-0.2, -0.15) is 5.26 Å². The maximum Gasteiger partial charge on any atom is 0.141 e. The number of nitrogens with zero attached hydrogens (tertiary/aromatic N) is 7. The topological polar surface area (TPSA) is 85.9 Å². The van der Waals surface area contributed by atoms with Crippen molar-refractivity contribution in [3.63, 3.8) is 0 Å². The summed E-state index contributed by atoms with van der Waals surface area (Å²) in [5, 5.41) is 22.5. The number of benzene rings is 2. The number of nitrogens with one attached hydrogen (secondary N) is 1. The highest BCUT2D eigenvalue weighted by atomic mass is 79.9. The number of fused-ring (bicyclic) bond motifs is 1. The van der Waals surface area contributed by atoms with Gasteiger partial charge in [0.1, 0.15) is 17.6 Å². The van der Waals surface area contributed by atoms with Gasteiger partial charge in [-0.1, -0.05) is 16.8 Å². The van der Waals surface area contributed by atoms with Crippen molar-refractivity contribution in [2.75, 3.05) is 37.4 Å². The molecule has 1 fully saturated rings. The molecule has 190 valence electrons. The Morgan fingerprint density at radius 3 is 2.78 bits per heavy atom. The average molecular weight is 584 g/mol. The van der Waals surface area contributed by atoms with Gasteiger partial charge in [0.25, 0.3) is 0 Å². The molecule has 8 nitrogen and oxygen atoms in total. The Labute approximate surface area is 227 Å². The molecule has 0 atom stereocenters. The van der Waals surface area contributed by atoms with Gasteiger partial charge in [-0.05, 0) is 79.2 Å². The molecule has 1 aliphatic rings. The average Bonchev–Trinajstić information content (AvgIpc) is 3.35. The summed E-state index contributed by atoms with van der Waals surface area (Å²) in [5.74, 6) is -0.508. The van der Waals surface area contributed by atoms with E-state index in [4.69, 9.17) is 11.6 Å². The van der Waals surface area contributed by atoms with Gasteiger partial charge < -0.3 is 15.1 Å². The Bertz CT molecular complexity index is 1490. The molecule has 0 saturated carbocycles. The zero-order chi connectivity index (χ0) is 26.1. The van der Waals surface area contributed by atoms with Gasteiger partial charge in [0.05, 0.1) is 40.6 Å².